The van der Waals surface area contributed by atoms with Gasteiger partial charge in [-0.25, -0.2) is 4.79 Å². The van der Waals surface area contributed by atoms with Crippen molar-refractivity contribution in [1.29, 1.82) is 0 Å². The zero-order valence-corrected chi connectivity index (χ0v) is 17.9. The van der Waals surface area contributed by atoms with Gasteiger partial charge in [0.1, 0.15) is 5.75 Å². The average Bonchev–Trinajstić information content (AvgIpc) is 2.64. The molecule has 1 aliphatic heterocycles. The highest BCUT2D eigenvalue weighted by Gasteiger charge is 2.32. The zero-order valence-electron chi connectivity index (χ0n) is 17.9. The number of nitrogens with one attached hydrogen (secondary N) is 3. The number of urea groups is 1. The summed E-state index contributed by atoms with van der Waals surface area (Å²) in [4.78, 5) is 38.8. The maximum atomic E-state index is 12.7. The number of imide groups is 1. The third kappa shape index (κ3) is 6.66. The van der Waals surface area contributed by atoms with Crippen LogP contribution >= 0.6 is 0 Å². The number of nitrogens with zero attached hydrogens (tertiary/aromatic N) is 1. The second kappa shape index (κ2) is 9.62. The van der Waals surface area contributed by atoms with Crippen LogP contribution in [0, 0.1) is 0 Å². The van der Waals surface area contributed by atoms with Crippen LogP contribution in [0.5, 0.6) is 5.75 Å². The van der Waals surface area contributed by atoms with E-state index >= 15 is 0 Å². The van der Waals surface area contributed by atoms with E-state index < -0.39 is 23.6 Å². The Morgan fingerprint density at radius 2 is 1.83 bits per heavy atom. The predicted molar refractivity (Wildman–Crippen MR) is 112 cm³/mol. The first-order valence-corrected chi connectivity index (χ1v) is 10.1. The number of amides is 4. The van der Waals surface area contributed by atoms with Gasteiger partial charge in [-0.15, -0.1) is 0 Å². The molecular formula is C21H32N4O4. The Labute approximate surface area is 172 Å². The van der Waals surface area contributed by atoms with Crippen LogP contribution in [0.3, 0.4) is 0 Å². The van der Waals surface area contributed by atoms with Crippen LogP contribution in [-0.2, 0) is 9.59 Å². The second-order valence-electron chi connectivity index (χ2n) is 8.23. The number of carbonyl (C=O) groups excluding carboxylic acids is 3. The van der Waals surface area contributed by atoms with E-state index in [4.69, 9.17) is 4.74 Å². The quantitative estimate of drug-likeness (QED) is 0.675. The van der Waals surface area contributed by atoms with Crippen LogP contribution in [-0.4, -0.2) is 48.6 Å². The molecule has 1 unspecified atom stereocenters. The fraction of sp³-hybridized carbons (Fsp3) is 0.571. The van der Waals surface area contributed by atoms with E-state index in [0.29, 0.717) is 11.4 Å². The molecule has 1 aliphatic rings. The Morgan fingerprint density at radius 3 is 2.45 bits per heavy atom. The molecule has 1 aromatic carbocycles. The summed E-state index contributed by atoms with van der Waals surface area (Å²) in [5.74, 6) is -0.123. The van der Waals surface area contributed by atoms with E-state index in [1.807, 2.05) is 52.8 Å². The minimum atomic E-state index is -0.735. The van der Waals surface area contributed by atoms with Crippen LogP contribution in [0.4, 0.5) is 10.5 Å². The second-order valence-corrected chi connectivity index (χ2v) is 8.23. The van der Waals surface area contributed by atoms with Crippen molar-refractivity contribution in [2.24, 2.45) is 0 Å². The van der Waals surface area contributed by atoms with Gasteiger partial charge in [0.05, 0.1) is 18.8 Å². The van der Waals surface area contributed by atoms with Gasteiger partial charge >= 0.3 is 6.03 Å². The van der Waals surface area contributed by atoms with Crippen molar-refractivity contribution in [3.05, 3.63) is 24.3 Å². The largest absolute Gasteiger partial charge is 0.477 e. The first-order chi connectivity index (χ1) is 13.6. The molecule has 0 fully saturated rings. The van der Waals surface area contributed by atoms with Gasteiger partial charge < -0.3 is 20.3 Å². The van der Waals surface area contributed by atoms with Crippen molar-refractivity contribution in [3.63, 3.8) is 0 Å². The van der Waals surface area contributed by atoms with Crippen LogP contribution in [0.1, 0.15) is 47.5 Å². The monoisotopic (exact) mass is 404 g/mol. The smallest absolute Gasteiger partial charge is 0.321 e. The molecule has 0 bridgehead atoms. The van der Waals surface area contributed by atoms with Crippen LogP contribution in [0.2, 0.25) is 0 Å². The summed E-state index contributed by atoms with van der Waals surface area (Å²) in [5.41, 5.74) is 0.263. The van der Waals surface area contributed by atoms with Crippen molar-refractivity contribution in [1.82, 2.24) is 16.0 Å². The highest BCUT2D eigenvalue weighted by molar-refractivity contribution is 5.97. The number of hydrogen-bond acceptors (Lipinski definition) is 5. The summed E-state index contributed by atoms with van der Waals surface area (Å²) in [7, 11) is 0. The first kappa shape index (κ1) is 22.5. The van der Waals surface area contributed by atoms with E-state index in [2.05, 4.69) is 16.0 Å². The lowest BCUT2D eigenvalue weighted by molar-refractivity contribution is -0.129. The Morgan fingerprint density at radius 1 is 1.17 bits per heavy atom. The van der Waals surface area contributed by atoms with Crippen LogP contribution in [0.25, 0.3) is 0 Å². The molecule has 1 heterocycles. The maximum absolute atomic E-state index is 12.7. The fourth-order valence-electron chi connectivity index (χ4n) is 3.09. The molecule has 160 valence electrons. The molecule has 0 aromatic heterocycles. The minimum absolute atomic E-state index is 0.0628. The molecule has 3 N–H and O–H groups in total. The van der Waals surface area contributed by atoms with Crippen LogP contribution < -0.4 is 25.6 Å². The van der Waals surface area contributed by atoms with E-state index in [1.165, 1.54) is 0 Å². The molecule has 4 amide bonds. The molecule has 0 aliphatic carbocycles. The highest BCUT2D eigenvalue weighted by atomic mass is 16.5. The lowest BCUT2D eigenvalue weighted by Gasteiger charge is -2.35. The Balaban J connectivity index is 2.08. The number of carbonyl (C=O) groups is 3. The number of fused-ring (bicyclic) bond motifs is 1. The summed E-state index contributed by atoms with van der Waals surface area (Å²) >= 11 is 0. The molecule has 29 heavy (non-hydrogen) atoms. The van der Waals surface area contributed by atoms with E-state index in [9.17, 15) is 14.4 Å². The molecule has 1 aromatic rings. The number of benzene rings is 1. The van der Waals surface area contributed by atoms with Gasteiger partial charge in [0.2, 0.25) is 5.91 Å². The lowest BCUT2D eigenvalue weighted by atomic mass is 10.1. The Kier molecular flexibility index (Phi) is 7.47. The zero-order chi connectivity index (χ0) is 21.6. The summed E-state index contributed by atoms with van der Waals surface area (Å²) in [5, 5.41) is 8.02. The summed E-state index contributed by atoms with van der Waals surface area (Å²) in [6.07, 6.45) is 0.933. The van der Waals surface area contributed by atoms with Crippen LogP contribution in [0.15, 0.2) is 24.3 Å². The van der Waals surface area contributed by atoms with Gasteiger partial charge in [-0.05, 0) is 45.7 Å². The molecule has 0 saturated heterocycles. The maximum Gasteiger partial charge on any atom is 0.321 e. The lowest BCUT2D eigenvalue weighted by Crippen LogP contribution is -2.54. The Bertz CT molecular complexity index is 740. The van der Waals surface area contributed by atoms with Gasteiger partial charge in [-0.1, -0.05) is 26.0 Å². The third-order valence-electron chi connectivity index (χ3n) is 4.56. The Hall–Kier alpha value is -2.77. The molecule has 1 atom stereocenters. The molecule has 8 heteroatoms. The molecular weight excluding hydrogens is 372 g/mol. The van der Waals surface area contributed by atoms with E-state index in [0.717, 1.165) is 12.8 Å². The number of para-hydroxylation sites is 2. The first-order valence-electron chi connectivity index (χ1n) is 10.1. The highest BCUT2D eigenvalue weighted by Crippen LogP contribution is 2.32. The fourth-order valence-corrected chi connectivity index (χ4v) is 3.09. The SMILES string of the molecule is CCC(CC)NC(=O)C1CN(CC(=O)NC(=O)NC(C)(C)C)c2ccccc2O1. The van der Waals surface area contributed by atoms with Crippen molar-refractivity contribution >= 4 is 23.5 Å². The topological polar surface area (TPSA) is 99.8 Å². The van der Waals surface area contributed by atoms with E-state index in [-0.39, 0.29) is 25.0 Å². The van der Waals surface area contributed by atoms with Crippen molar-refractivity contribution in [2.45, 2.75) is 65.1 Å². The predicted octanol–water partition coefficient (Wildman–Crippen LogP) is 2.18. The number of anilines is 1. The number of rotatable bonds is 6. The normalized spacial score (nSPS) is 15.9. The number of hydrogen-bond donors (Lipinski definition) is 3. The van der Waals surface area contributed by atoms with Crippen molar-refractivity contribution in [3.8, 4) is 5.75 Å². The third-order valence-corrected chi connectivity index (χ3v) is 4.56. The minimum Gasteiger partial charge on any atom is -0.477 e. The summed E-state index contributed by atoms with van der Waals surface area (Å²) in [6, 6.07) is 6.78. The van der Waals surface area contributed by atoms with Gasteiger partial charge in [0, 0.05) is 11.6 Å². The summed E-state index contributed by atoms with van der Waals surface area (Å²) in [6.45, 7) is 9.69. The van der Waals surface area contributed by atoms with Gasteiger partial charge in [-0.2, -0.15) is 0 Å². The summed E-state index contributed by atoms with van der Waals surface area (Å²) < 4.78 is 5.88. The van der Waals surface area contributed by atoms with Gasteiger partial charge in [0.25, 0.3) is 5.91 Å². The number of ether oxygens (including phenoxy) is 1. The molecule has 2 rings (SSSR count). The molecule has 8 nitrogen and oxygen atoms in total. The van der Waals surface area contributed by atoms with Crippen molar-refractivity contribution in [2.75, 3.05) is 18.0 Å². The standard InChI is InChI=1S/C21H32N4O4/c1-6-14(7-2)22-19(27)17-12-25(15-10-8-9-11-16(15)29-17)13-18(26)23-20(28)24-21(3,4)5/h8-11,14,17H,6-7,12-13H2,1-5H3,(H,22,27)(H2,23,24,26,28). The molecule has 0 saturated carbocycles. The molecule has 0 spiro atoms. The average molecular weight is 405 g/mol. The van der Waals surface area contributed by atoms with E-state index in [1.54, 1.807) is 11.0 Å². The molecule has 0 radical (unpaired) electrons. The van der Waals surface area contributed by atoms with Gasteiger partial charge in [-0.3, -0.25) is 14.9 Å². The van der Waals surface area contributed by atoms with Crippen molar-refractivity contribution < 1.29 is 19.1 Å². The van der Waals surface area contributed by atoms with Gasteiger partial charge in [0.15, 0.2) is 6.10 Å².